The third kappa shape index (κ3) is 4.18. The van der Waals surface area contributed by atoms with Crippen LogP contribution >= 0.6 is 11.8 Å². The first kappa shape index (κ1) is 17.5. The van der Waals surface area contributed by atoms with E-state index in [-0.39, 0.29) is 5.41 Å². The first-order valence-electron chi connectivity index (χ1n) is 9.05. The van der Waals surface area contributed by atoms with Crippen LogP contribution in [-0.4, -0.2) is 43.7 Å². The number of benzene rings is 1. The van der Waals surface area contributed by atoms with Crippen LogP contribution in [0.3, 0.4) is 0 Å². The van der Waals surface area contributed by atoms with Crippen molar-refractivity contribution in [3.63, 3.8) is 0 Å². The predicted molar refractivity (Wildman–Crippen MR) is 103 cm³/mol. The minimum Gasteiger partial charge on any atom is -0.496 e. The molecule has 3 rings (SSSR count). The fourth-order valence-corrected chi connectivity index (χ4v) is 4.54. The molecule has 1 aromatic rings. The van der Waals surface area contributed by atoms with Crippen molar-refractivity contribution in [2.24, 2.45) is 4.99 Å². The van der Waals surface area contributed by atoms with Crippen molar-refractivity contribution in [1.29, 1.82) is 0 Å². The SMILES string of the molecule is CCNC(=NCC1(c2ccccc2OC)CC1)NCC1CCCS1. The highest BCUT2D eigenvalue weighted by Crippen LogP contribution is 2.51. The molecule has 1 atom stereocenters. The first-order valence-corrected chi connectivity index (χ1v) is 10.1. The van der Waals surface area contributed by atoms with Gasteiger partial charge in [-0.25, -0.2) is 0 Å². The van der Waals surface area contributed by atoms with E-state index in [1.165, 1.54) is 37.0 Å². The highest BCUT2D eigenvalue weighted by Gasteiger charge is 2.46. The number of hydrogen-bond acceptors (Lipinski definition) is 3. The van der Waals surface area contributed by atoms with E-state index < -0.39 is 0 Å². The second-order valence-electron chi connectivity index (χ2n) is 6.69. The molecule has 0 radical (unpaired) electrons. The monoisotopic (exact) mass is 347 g/mol. The van der Waals surface area contributed by atoms with E-state index in [1.807, 2.05) is 6.07 Å². The Hall–Kier alpha value is -1.36. The van der Waals surface area contributed by atoms with Gasteiger partial charge in [0.2, 0.25) is 0 Å². The Morgan fingerprint density at radius 3 is 2.83 bits per heavy atom. The van der Waals surface area contributed by atoms with E-state index in [4.69, 9.17) is 9.73 Å². The number of methoxy groups -OCH3 is 1. The lowest BCUT2D eigenvalue weighted by Crippen LogP contribution is -2.40. The number of guanidine groups is 1. The van der Waals surface area contributed by atoms with Crippen molar-refractivity contribution in [2.75, 3.05) is 32.5 Å². The molecule has 0 aromatic heterocycles. The molecular weight excluding hydrogens is 318 g/mol. The van der Waals surface area contributed by atoms with E-state index in [0.717, 1.165) is 36.6 Å². The number of ether oxygens (including phenoxy) is 1. The van der Waals surface area contributed by atoms with Crippen LogP contribution in [0, 0.1) is 0 Å². The van der Waals surface area contributed by atoms with Gasteiger partial charge in [0.05, 0.1) is 13.7 Å². The number of thioether (sulfide) groups is 1. The maximum Gasteiger partial charge on any atom is 0.191 e. The van der Waals surface area contributed by atoms with E-state index >= 15 is 0 Å². The smallest absolute Gasteiger partial charge is 0.191 e. The van der Waals surface area contributed by atoms with Crippen molar-refractivity contribution in [3.8, 4) is 5.75 Å². The molecule has 2 aliphatic rings. The van der Waals surface area contributed by atoms with Gasteiger partial charge in [-0.1, -0.05) is 18.2 Å². The molecule has 2 N–H and O–H groups in total. The van der Waals surface area contributed by atoms with Gasteiger partial charge in [-0.15, -0.1) is 0 Å². The lowest BCUT2D eigenvalue weighted by Gasteiger charge is -2.19. The Bertz CT molecular complexity index is 565. The van der Waals surface area contributed by atoms with Crippen LogP contribution in [0.1, 0.15) is 38.2 Å². The zero-order valence-corrected chi connectivity index (χ0v) is 15.6. The van der Waals surface area contributed by atoms with Crippen LogP contribution in [0.2, 0.25) is 0 Å². The predicted octanol–water partition coefficient (Wildman–Crippen LogP) is 3.18. The molecule has 1 aliphatic heterocycles. The summed E-state index contributed by atoms with van der Waals surface area (Å²) >= 11 is 2.08. The van der Waals surface area contributed by atoms with Gasteiger partial charge in [0.1, 0.15) is 5.75 Å². The average molecular weight is 348 g/mol. The fraction of sp³-hybridized carbons (Fsp3) is 0.632. The summed E-state index contributed by atoms with van der Waals surface area (Å²) in [4.78, 5) is 4.89. The van der Waals surface area contributed by atoms with Crippen molar-refractivity contribution in [1.82, 2.24) is 10.6 Å². The quantitative estimate of drug-likeness (QED) is 0.587. The number of nitrogens with zero attached hydrogens (tertiary/aromatic N) is 1. The third-order valence-corrected chi connectivity index (χ3v) is 6.34. The minimum atomic E-state index is 0.164. The zero-order chi connectivity index (χ0) is 16.8. The Morgan fingerprint density at radius 2 is 2.17 bits per heavy atom. The van der Waals surface area contributed by atoms with Gasteiger partial charge in [0, 0.05) is 29.3 Å². The van der Waals surface area contributed by atoms with Crippen LogP contribution in [0.15, 0.2) is 29.3 Å². The number of aliphatic imine (C=N–C) groups is 1. The second-order valence-corrected chi connectivity index (χ2v) is 8.10. The van der Waals surface area contributed by atoms with Crippen LogP contribution in [-0.2, 0) is 5.41 Å². The summed E-state index contributed by atoms with van der Waals surface area (Å²) in [6.07, 6.45) is 5.05. The van der Waals surface area contributed by atoms with E-state index in [1.54, 1.807) is 7.11 Å². The fourth-order valence-electron chi connectivity index (χ4n) is 3.33. The Labute approximate surface area is 149 Å². The standard InChI is InChI=1S/C19H29N3OS/c1-3-20-18(21-13-15-7-6-12-24-15)22-14-19(10-11-19)16-8-4-5-9-17(16)23-2/h4-5,8-9,15H,3,6-7,10-14H2,1-2H3,(H2,20,21,22). The molecule has 2 fully saturated rings. The lowest BCUT2D eigenvalue weighted by molar-refractivity contribution is 0.404. The van der Waals surface area contributed by atoms with Crippen molar-refractivity contribution in [2.45, 2.75) is 43.3 Å². The normalized spacial score (nSPS) is 22.2. The Morgan fingerprint density at radius 1 is 1.33 bits per heavy atom. The molecule has 1 unspecified atom stereocenters. The van der Waals surface area contributed by atoms with Gasteiger partial charge < -0.3 is 15.4 Å². The molecule has 1 heterocycles. The molecule has 1 aliphatic carbocycles. The highest BCUT2D eigenvalue weighted by molar-refractivity contribution is 8.00. The van der Waals surface area contributed by atoms with Gasteiger partial charge >= 0.3 is 0 Å². The van der Waals surface area contributed by atoms with Crippen LogP contribution in [0.5, 0.6) is 5.75 Å². The number of para-hydroxylation sites is 1. The summed E-state index contributed by atoms with van der Waals surface area (Å²) in [5.41, 5.74) is 1.47. The van der Waals surface area contributed by atoms with Crippen molar-refractivity contribution >= 4 is 17.7 Å². The van der Waals surface area contributed by atoms with Crippen molar-refractivity contribution in [3.05, 3.63) is 29.8 Å². The molecule has 1 saturated heterocycles. The summed E-state index contributed by atoms with van der Waals surface area (Å²) < 4.78 is 5.56. The van der Waals surface area contributed by atoms with Crippen LogP contribution < -0.4 is 15.4 Å². The first-order chi connectivity index (χ1) is 11.8. The van der Waals surface area contributed by atoms with E-state index in [2.05, 4.69) is 47.5 Å². The van der Waals surface area contributed by atoms with Gasteiger partial charge in [-0.2, -0.15) is 11.8 Å². The maximum absolute atomic E-state index is 5.56. The molecular formula is C19H29N3OS. The lowest BCUT2D eigenvalue weighted by atomic mass is 9.95. The molecule has 5 heteroatoms. The van der Waals surface area contributed by atoms with E-state index in [0.29, 0.717) is 0 Å². The highest BCUT2D eigenvalue weighted by atomic mass is 32.2. The molecule has 4 nitrogen and oxygen atoms in total. The molecule has 0 amide bonds. The Balaban J connectivity index is 1.64. The summed E-state index contributed by atoms with van der Waals surface area (Å²) in [5, 5.41) is 7.65. The number of rotatable bonds is 7. The molecule has 0 bridgehead atoms. The van der Waals surface area contributed by atoms with Crippen LogP contribution in [0.4, 0.5) is 0 Å². The molecule has 1 saturated carbocycles. The Kier molecular flexibility index (Phi) is 5.93. The van der Waals surface area contributed by atoms with Gasteiger partial charge in [-0.05, 0) is 44.4 Å². The second kappa shape index (κ2) is 8.15. The van der Waals surface area contributed by atoms with Gasteiger partial charge in [-0.3, -0.25) is 4.99 Å². The minimum absolute atomic E-state index is 0.164. The number of nitrogens with one attached hydrogen (secondary N) is 2. The summed E-state index contributed by atoms with van der Waals surface area (Å²) in [7, 11) is 1.75. The summed E-state index contributed by atoms with van der Waals surface area (Å²) in [6.45, 7) is 4.85. The molecule has 24 heavy (non-hydrogen) atoms. The van der Waals surface area contributed by atoms with Gasteiger partial charge in [0.25, 0.3) is 0 Å². The number of hydrogen-bond donors (Lipinski definition) is 2. The average Bonchev–Trinajstić information content (AvgIpc) is 3.23. The third-order valence-electron chi connectivity index (χ3n) is 4.94. The summed E-state index contributed by atoms with van der Waals surface area (Å²) in [6, 6.07) is 8.38. The molecule has 132 valence electrons. The van der Waals surface area contributed by atoms with Crippen molar-refractivity contribution < 1.29 is 4.74 Å². The zero-order valence-electron chi connectivity index (χ0n) is 14.8. The maximum atomic E-state index is 5.56. The molecule has 1 aromatic carbocycles. The largest absolute Gasteiger partial charge is 0.496 e. The summed E-state index contributed by atoms with van der Waals surface area (Å²) in [5.74, 6) is 3.24. The molecule has 0 spiro atoms. The van der Waals surface area contributed by atoms with E-state index in [9.17, 15) is 0 Å². The topological polar surface area (TPSA) is 45.7 Å². The van der Waals surface area contributed by atoms with Crippen LogP contribution in [0.25, 0.3) is 0 Å². The van der Waals surface area contributed by atoms with Gasteiger partial charge in [0.15, 0.2) is 5.96 Å².